The molecule has 1 heteroatoms. The Labute approximate surface area is 86.1 Å². The maximum Gasteiger partial charge on any atom is 0.0171 e. The largest absolute Gasteiger partial charge is 0.0982 e. The lowest BCUT2D eigenvalue weighted by atomic mass is 10.1. The Morgan fingerprint density at radius 2 is 2.08 bits per heavy atom. The van der Waals surface area contributed by atoms with E-state index in [1.165, 1.54) is 16.1 Å². The molecule has 0 aromatic rings. The number of thioether (sulfide) groups is 1. The lowest BCUT2D eigenvalue weighted by molar-refractivity contribution is 1.14. The quantitative estimate of drug-likeness (QED) is 0.573. The highest BCUT2D eigenvalue weighted by Crippen LogP contribution is 2.29. The first-order valence-corrected chi connectivity index (χ1v) is 5.34. The molecule has 72 valence electrons. The molecular formula is C12H18S. The van der Waals surface area contributed by atoms with E-state index in [1.54, 1.807) is 11.8 Å². The molecule has 0 rings (SSSR count). The average molecular weight is 194 g/mol. The summed E-state index contributed by atoms with van der Waals surface area (Å²) in [6, 6.07) is 0. The van der Waals surface area contributed by atoms with Crippen molar-refractivity contribution in [3.05, 3.63) is 46.8 Å². The van der Waals surface area contributed by atoms with Crippen LogP contribution in [0.1, 0.15) is 27.2 Å². The van der Waals surface area contributed by atoms with Gasteiger partial charge in [-0.25, -0.2) is 0 Å². The minimum absolute atomic E-state index is 0.991. The molecular weight excluding hydrogens is 176 g/mol. The second-order valence-corrected chi connectivity index (χ2v) is 3.73. The molecule has 0 spiro atoms. The van der Waals surface area contributed by atoms with Crippen LogP contribution in [-0.4, -0.2) is 0 Å². The molecule has 0 aromatic heterocycles. The predicted molar refractivity (Wildman–Crippen MR) is 64.7 cm³/mol. The summed E-state index contributed by atoms with van der Waals surface area (Å²) >= 11 is 1.65. The van der Waals surface area contributed by atoms with E-state index in [0.29, 0.717) is 0 Å². The van der Waals surface area contributed by atoms with Gasteiger partial charge in [0.25, 0.3) is 0 Å². The number of hydrogen-bond donors (Lipinski definition) is 0. The van der Waals surface area contributed by atoms with Crippen LogP contribution >= 0.6 is 11.8 Å². The van der Waals surface area contributed by atoms with E-state index in [2.05, 4.69) is 33.1 Å². The highest BCUT2D eigenvalue weighted by Gasteiger charge is 2.02. The Bertz CT molecular complexity index is 244. The van der Waals surface area contributed by atoms with E-state index < -0.39 is 0 Å². The SMILES string of the molecule is C=CS/C(C(=C)CC)=C(C)/C=C\C. The van der Waals surface area contributed by atoms with Gasteiger partial charge in [0.15, 0.2) is 0 Å². The zero-order valence-electron chi connectivity index (χ0n) is 8.76. The van der Waals surface area contributed by atoms with Gasteiger partial charge in [-0.05, 0) is 36.8 Å². The highest BCUT2D eigenvalue weighted by atomic mass is 32.2. The second kappa shape index (κ2) is 6.79. The average Bonchev–Trinajstić information content (AvgIpc) is 2.13. The summed E-state index contributed by atoms with van der Waals surface area (Å²) in [6.45, 7) is 14.0. The maximum atomic E-state index is 4.04. The normalized spacial score (nSPS) is 12.8. The van der Waals surface area contributed by atoms with Gasteiger partial charge in [-0.2, -0.15) is 0 Å². The van der Waals surface area contributed by atoms with Gasteiger partial charge in [-0.1, -0.05) is 44.0 Å². The molecule has 0 amide bonds. The predicted octanol–water partition coefficient (Wildman–Crippen LogP) is 4.68. The smallest absolute Gasteiger partial charge is 0.0171 e. The minimum atomic E-state index is 0.991. The van der Waals surface area contributed by atoms with Crippen LogP contribution in [0, 0.1) is 0 Å². The summed E-state index contributed by atoms with van der Waals surface area (Å²) in [5, 5.41) is 1.85. The van der Waals surface area contributed by atoms with Gasteiger partial charge in [0, 0.05) is 4.91 Å². The summed E-state index contributed by atoms with van der Waals surface area (Å²) in [6.07, 6.45) is 5.14. The molecule has 0 fully saturated rings. The molecule has 0 aliphatic carbocycles. The molecule has 0 saturated carbocycles. The van der Waals surface area contributed by atoms with Crippen molar-refractivity contribution >= 4 is 11.8 Å². The van der Waals surface area contributed by atoms with E-state index in [1.807, 2.05) is 18.4 Å². The Kier molecular flexibility index (Phi) is 6.43. The highest BCUT2D eigenvalue weighted by molar-refractivity contribution is 8.06. The summed E-state index contributed by atoms with van der Waals surface area (Å²) in [5.41, 5.74) is 2.44. The molecule has 0 atom stereocenters. The van der Waals surface area contributed by atoms with Crippen LogP contribution in [0.3, 0.4) is 0 Å². The zero-order chi connectivity index (χ0) is 10.3. The molecule has 0 aliphatic rings. The van der Waals surface area contributed by atoms with Crippen LogP contribution in [-0.2, 0) is 0 Å². The molecule has 13 heavy (non-hydrogen) atoms. The molecule has 0 nitrogen and oxygen atoms in total. The summed E-state index contributed by atoms with van der Waals surface area (Å²) in [7, 11) is 0. The second-order valence-electron chi connectivity index (χ2n) is 2.75. The summed E-state index contributed by atoms with van der Waals surface area (Å²) in [5.74, 6) is 0. The van der Waals surface area contributed by atoms with Crippen molar-refractivity contribution in [1.29, 1.82) is 0 Å². The van der Waals surface area contributed by atoms with Crippen molar-refractivity contribution < 1.29 is 0 Å². The molecule has 0 aromatic carbocycles. The first-order valence-electron chi connectivity index (χ1n) is 4.46. The Hall–Kier alpha value is -0.690. The fraction of sp³-hybridized carbons (Fsp3) is 0.333. The molecule has 0 N–H and O–H groups in total. The van der Waals surface area contributed by atoms with Crippen LogP contribution in [0.25, 0.3) is 0 Å². The Morgan fingerprint density at radius 1 is 1.46 bits per heavy atom. The lowest BCUT2D eigenvalue weighted by Crippen LogP contribution is -1.85. The fourth-order valence-corrected chi connectivity index (χ4v) is 1.76. The van der Waals surface area contributed by atoms with Crippen molar-refractivity contribution in [2.24, 2.45) is 0 Å². The first kappa shape index (κ1) is 12.3. The number of allylic oxidation sites excluding steroid dienone is 4. The van der Waals surface area contributed by atoms with Crippen LogP contribution in [0.2, 0.25) is 0 Å². The van der Waals surface area contributed by atoms with Crippen molar-refractivity contribution in [1.82, 2.24) is 0 Å². The Balaban J connectivity index is 4.85. The van der Waals surface area contributed by atoms with Crippen LogP contribution < -0.4 is 0 Å². The lowest BCUT2D eigenvalue weighted by Gasteiger charge is -2.08. The number of hydrogen-bond acceptors (Lipinski definition) is 1. The third kappa shape index (κ3) is 4.18. The molecule has 0 heterocycles. The molecule has 0 unspecified atom stereocenters. The fourth-order valence-electron chi connectivity index (χ4n) is 1.02. The monoisotopic (exact) mass is 194 g/mol. The summed E-state index contributed by atoms with van der Waals surface area (Å²) in [4.78, 5) is 1.25. The van der Waals surface area contributed by atoms with E-state index in [9.17, 15) is 0 Å². The Morgan fingerprint density at radius 3 is 2.46 bits per heavy atom. The van der Waals surface area contributed by atoms with E-state index in [0.717, 1.165) is 6.42 Å². The molecule has 0 saturated heterocycles. The maximum absolute atomic E-state index is 4.04. The van der Waals surface area contributed by atoms with Gasteiger partial charge in [0.1, 0.15) is 0 Å². The van der Waals surface area contributed by atoms with Crippen molar-refractivity contribution in [3.8, 4) is 0 Å². The third-order valence-electron chi connectivity index (χ3n) is 1.72. The molecule has 0 bridgehead atoms. The van der Waals surface area contributed by atoms with Crippen LogP contribution in [0.4, 0.5) is 0 Å². The van der Waals surface area contributed by atoms with Gasteiger partial charge in [-0.15, -0.1) is 0 Å². The van der Waals surface area contributed by atoms with Gasteiger partial charge >= 0.3 is 0 Å². The third-order valence-corrected chi connectivity index (χ3v) is 2.74. The van der Waals surface area contributed by atoms with E-state index in [4.69, 9.17) is 0 Å². The summed E-state index contributed by atoms with van der Waals surface area (Å²) < 4.78 is 0. The van der Waals surface area contributed by atoms with Gasteiger partial charge in [0.2, 0.25) is 0 Å². The van der Waals surface area contributed by atoms with Crippen molar-refractivity contribution in [3.63, 3.8) is 0 Å². The standard InChI is InChI=1S/C12H18S/c1-6-9-11(5)12(13-8-3)10(4)7-2/h6,8-9H,3-4,7H2,1-2,5H3/b9-6-,12-11+. The van der Waals surface area contributed by atoms with Crippen LogP contribution in [0.15, 0.2) is 46.8 Å². The first-order chi connectivity index (χ1) is 6.17. The topological polar surface area (TPSA) is 0 Å². The number of rotatable bonds is 5. The molecule has 0 aliphatic heterocycles. The van der Waals surface area contributed by atoms with E-state index >= 15 is 0 Å². The van der Waals surface area contributed by atoms with Gasteiger partial charge < -0.3 is 0 Å². The zero-order valence-corrected chi connectivity index (χ0v) is 9.58. The van der Waals surface area contributed by atoms with Gasteiger partial charge in [-0.3, -0.25) is 0 Å². The van der Waals surface area contributed by atoms with Crippen molar-refractivity contribution in [2.75, 3.05) is 0 Å². The van der Waals surface area contributed by atoms with E-state index in [-0.39, 0.29) is 0 Å². The van der Waals surface area contributed by atoms with Gasteiger partial charge in [0.05, 0.1) is 0 Å². The molecule has 0 radical (unpaired) electrons. The van der Waals surface area contributed by atoms with Crippen molar-refractivity contribution in [2.45, 2.75) is 27.2 Å². The minimum Gasteiger partial charge on any atom is -0.0982 e. The van der Waals surface area contributed by atoms with Crippen LogP contribution in [0.5, 0.6) is 0 Å².